The van der Waals surface area contributed by atoms with Crippen LogP contribution in [0, 0.1) is 5.92 Å². The van der Waals surface area contributed by atoms with Crippen LogP contribution in [0.2, 0.25) is 0 Å². The summed E-state index contributed by atoms with van der Waals surface area (Å²) >= 11 is 0. The van der Waals surface area contributed by atoms with Crippen molar-refractivity contribution in [1.82, 2.24) is 9.80 Å². The summed E-state index contributed by atoms with van der Waals surface area (Å²) in [5.74, 6) is -1.59. The first-order chi connectivity index (χ1) is 14.4. The van der Waals surface area contributed by atoms with E-state index in [-0.39, 0.29) is 36.5 Å². The van der Waals surface area contributed by atoms with E-state index in [9.17, 15) is 19.2 Å². The maximum absolute atomic E-state index is 13.8. The van der Waals surface area contributed by atoms with Crippen molar-refractivity contribution >= 4 is 23.6 Å². The summed E-state index contributed by atoms with van der Waals surface area (Å²) in [5, 5.41) is 0. The van der Waals surface area contributed by atoms with Crippen molar-refractivity contribution in [2.45, 2.75) is 75.7 Å². The zero-order chi connectivity index (χ0) is 21.0. The molecule has 30 heavy (non-hydrogen) atoms. The minimum Gasteiger partial charge on any atom is -0.453 e. The number of Topliss-reactive ketones (excluding diaryl/α,β-unsaturated/α-hetero) is 1. The predicted molar refractivity (Wildman–Crippen MR) is 106 cm³/mol. The van der Waals surface area contributed by atoms with Gasteiger partial charge in [-0.2, -0.15) is 0 Å². The smallest absolute Gasteiger partial charge is 0.307 e. The molecule has 1 spiro atoms. The molecule has 3 heterocycles. The van der Waals surface area contributed by atoms with Crippen LogP contribution in [0.4, 0.5) is 0 Å². The van der Waals surface area contributed by atoms with Gasteiger partial charge in [-0.15, -0.1) is 0 Å². The molecule has 0 bridgehead atoms. The van der Waals surface area contributed by atoms with E-state index in [0.29, 0.717) is 6.54 Å². The molecule has 7 heteroatoms. The van der Waals surface area contributed by atoms with E-state index < -0.39 is 29.6 Å². The van der Waals surface area contributed by atoms with Crippen LogP contribution >= 0.6 is 0 Å². The van der Waals surface area contributed by atoms with Gasteiger partial charge < -0.3 is 14.5 Å². The molecule has 1 aromatic carbocycles. The lowest BCUT2D eigenvalue weighted by molar-refractivity contribution is -0.154. The lowest BCUT2D eigenvalue weighted by Crippen LogP contribution is -2.53. The van der Waals surface area contributed by atoms with Crippen molar-refractivity contribution in [1.29, 1.82) is 0 Å². The second-order valence-electron chi connectivity index (χ2n) is 9.04. The molecule has 1 aliphatic carbocycles. The molecule has 158 valence electrons. The largest absolute Gasteiger partial charge is 0.453 e. The van der Waals surface area contributed by atoms with Crippen LogP contribution in [-0.2, 0) is 30.5 Å². The topological polar surface area (TPSA) is 84.0 Å². The van der Waals surface area contributed by atoms with Gasteiger partial charge in [-0.05, 0) is 25.3 Å². The molecule has 4 fully saturated rings. The third-order valence-corrected chi connectivity index (χ3v) is 7.27. The average Bonchev–Trinajstić information content (AvgIpc) is 3.43. The fourth-order valence-electron chi connectivity index (χ4n) is 6.12. The van der Waals surface area contributed by atoms with Gasteiger partial charge >= 0.3 is 5.97 Å². The first-order valence-electron chi connectivity index (χ1n) is 10.8. The summed E-state index contributed by atoms with van der Waals surface area (Å²) in [5.41, 5.74) is -0.315. The number of nitrogens with zero attached hydrogens (tertiary/aromatic N) is 2. The lowest BCUT2D eigenvalue weighted by atomic mass is 9.79. The first-order valence-corrected chi connectivity index (χ1v) is 10.8. The van der Waals surface area contributed by atoms with E-state index in [4.69, 9.17) is 4.74 Å². The highest BCUT2D eigenvalue weighted by atomic mass is 16.6. The molecule has 4 aliphatic rings. The average molecular weight is 410 g/mol. The predicted octanol–water partition coefficient (Wildman–Crippen LogP) is 1.83. The third-order valence-electron chi connectivity index (χ3n) is 7.27. The number of carbonyl (C=O) groups is 4. The van der Waals surface area contributed by atoms with Crippen LogP contribution in [0.15, 0.2) is 30.3 Å². The number of benzene rings is 1. The fourth-order valence-corrected chi connectivity index (χ4v) is 6.12. The van der Waals surface area contributed by atoms with Gasteiger partial charge in [0.2, 0.25) is 11.8 Å². The summed E-state index contributed by atoms with van der Waals surface area (Å²) in [6.07, 6.45) is 3.84. The standard InChI is InChI=1S/C23H26N2O5/c1-14(26)11-18-23-17(12-19(27)30-23)21(28)25(16-9-5-6-10-16)20(23)22(29)24(18)13-15-7-3-2-4-8-15/h2-4,7-8,16-18,20H,5-6,9-13H2,1H3/t17-,18+,20+,23+/m1/s1. The molecular formula is C23H26N2O5. The Bertz CT molecular complexity index is 909. The van der Waals surface area contributed by atoms with Crippen molar-refractivity contribution in [2.75, 3.05) is 0 Å². The second-order valence-corrected chi connectivity index (χ2v) is 9.04. The van der Waals surface area contributed by atoms with Gasteiger partial charge in [0, 0.05) is 19.0 Å². The van der Waals surface area contributed by atoms with Crippen molar-refractivity contribution in [2.24, 2.45) is 5.92 Å². The van der Waals surface area contributed by atoms with Crippen LogP contribution in [-0.4, -0.2) is 57.1 Å². The van der Waals surface area contributed by atoms with Gasteiger partial charge in [0.25, 0.3) is 0 Å². The van der Waals surface area contributed by atoms with E-state index in [2.05, 4.69) is 0 Å². The van der Waals surface area contributed by atoms with Crippen LogP contribution in [0.25, 0.3) is 0 Å². The molecule has 0 N–H and O–H groups in total. The van der Waals surface area contributed by atoms with Gasteiger partial charge in [-0.25, -0.2) is 0 Å². The molecule has 0 radical (unpaired) electrons. The first kappa shape index (κ1) is 19.3. The van der Waals surface area contributed by atoms with E-state index in [1.54, 1.807) is 9.80 Å². The van der Waals surface area contributed by atoms with E-state index in [1.807, 2.05) is 30.3 Å². The number of ketones is 1. The van der Waals surface area contributed by atoms with Crippen molar-refractivity contribution in [3.8, 4) is 0 Å². The number of hydrogen-bond donors (Lipinski definition) is 0. The summed E-state index contributed by atoms with van der Waals surface area (Å²) in [4.78, 5) is 55.2. The normalized spacial score (nSPS) is 33.2. The fraction of sp³-hybridized carbons (Fsp3) is 0.565. The number of carbonyl (C=O) groups excluding carboxylic acids is 4. The van der Waals surface area contributed by atoms with Gasteiger partial charge in [0.1, 0.15) is 5.78 Å². The Morgan fingerprint density at radius 3 is 2.47 bits per heavy atom. The highest BCUT2D eigenvalue weighted by molar-refractivity contribution is 6.02. The molecule has 0 unspecified atom stereocenters. The minimum absolute atomic E-state index is 0.00211. The summed E-state index contributed by atoms with van der Waals surface area (Å²) in [6.45, 7) is 1.80. The summed E-state index contributed by atoms with van der Waals surface area (Å²) in [7, 11) is 0. The molecular weight excluding hydrogens is 384 g/mol. The second kappa shape index (κ2) is 6.93. The Morgan fingerprint density at radius 2 is 1.80 bits per heavy atom. The van der Waals surface area contributed by atoms with E-state index in [1.165, 1.54) is 6.92 Å². The number of amides is 2. The maximum Gasteiger partial charge on any atom is 0.307 e. The van der Waals surface area contributed by atoms with Crippen LogP contribution in [0.1, 0.15) is 51.0 Å². The summed E-state index contributed by atoms with van der Waals surface area (Å²) in [6, 6.07) is 8.14. The van der Waals surface area contributed by atoms with Crippen molar-refractivity contribution < 1.29 is 23.9 Å². The zero-order valence-electron chi connectivity index (χ0n) is 17.1. The van der Waals surface area contributed by atoms with Crippen molar-refractivity contribution in [3.05, 3.63) is 35.9 Å². The highest BCUT2D eigenvalue weighted by Gasteiger charge is 2.77. The van der Waals surface area contributed by atoms with Crippen LogP contribution in [0.5, 0.6) is 0 Å². The van der Waals surface area contributed by atoms with Crippen LogP contribution < -0.4 is 0 Å². The van der Waals surface area contributed by atoms with E-state index in [0.717, 1.165) is 31.2 Å². The number of esters is 1. The van der Waals surface area contributed by atoms with E-state index >= 15 is 0 Å². The highest BCUT2D eigenvalue weighted by Crippen LogP contribution is 2.55. The SMILES string of the molecule is CC(=O)C[C@@H]1N(Cc2ccccc2)C(=O)[C@@H]2N(C3CCCC3)C(=O)[C@H]3CC(=O)O[C@@]312. The Hall–Kier alpha value is -2.70. The minimum atomic E-state index is -1.26. The number of likely N-dealkylation sites (tertiary alicyclic amines) is 2. The monoisotopic (exact) mass is 410 g/mol. The van der Waals surface area contributed by atoms with Gasteiger partial charge in [0.15, 0.2) is 11.6 Å². The molecule has 1 saturated carbocycles. The van der Waals surface area contributed by atoms with Gasteiger partial charge in [-0.1, -0.05) is 43.2 Å². The number of hydrogen-bond acceptors (Lipinski definition) is 5. The molecule has 3 aliphatic heterocycles. The Kier molecular flexibility index (Phi) is 4.45. The molecule has 2 amide bonds. The number of rotatable bonds is 5. The maximum atomic E-state index is 13.8. The zero-order valence-corrected chi connectivity index (χ0v) is 17.1. The molecule has 3 saturated heterocycles. The van der Waals surface area contributed by atoms with Gasteiger partial charge in [0.05, 0.1) is 18.4 Å². The molecule has 5 rings (SSSR count). The molecule has 7 nitrogen and oxygen atoms in total. The molecule has 1 aromatic rings. The quantitative estimate of drug-likeness (QED) is 0.692. The van der Waals surface area contributed by atoms with Gasteiger partial charge in [-0.3, -0.25) is 19.2 Å². The Balaban J connectivity index is 1.60. The van der Waals surface area contributed by atoms with Crippen molar-refractivity contribution in [3.63, 3.8) is 0 Å². The Labute approximate surface area is 175 Å². The third kappa shape index (κ3) is 2.63. The number of ether oxygens (including phenoxy) is 1. The molecule has 0 aromatic heterocycles. The molecule has 4 atom stereocenters. The summed E-state index contributed by atoms with van der Waals surface area (Å²) < 4.78 is 5.89. The lowest BCUT2D eigenvalue weighted by Gasteiger charge is -2.34. The van der Waals surface area contributed by atoms with Crippen LogP contribution in [0.3, 0.4) is 0 Å². The Morgan fingerprint density at radius 1 is 1.10 bits per heavy atom.